The van der Waals surface area contributed by atoms with Crippen molar-refractivity contribution in [2.24, 2.45) is 5.73 Å². The molecule has 0 amide bonds. The molecule has 0 bridgehead atoms. The zero-order valence-corrected chi connectivity index (χ0v) is 12.4. The molecule has 1 aromatic rings. The van der Waals surface area contributed by atoms with Crippen LogP contribution in [0.1, 0.15) is 24.9 Å². The minimum atomic E-state index is -2.96. The second-order valence-electron chi connectivity index (χ2n) is 5.40. The van der Waals surface area contributed by atoms with Crippen LogP contribution in [0.2, 0.25) is 0 Å². The topological polar surface area (TPSA) is 63.4 Å². The van der Waals surface area contributed by atoms with E-state index in [1.54, 1.807) is 6.07 Å². The fraction of sp³-hybridized carbons (Fsp3) is 0.571. The predicted octanol–water partition coefficient (Wildman–Crippen LogP) is 1.33. The van der Waals surface area contributed by atoms with Crippen LogP contribution in [0.3, 0.4) is 0 Å². The van der Waals surface area contributed by atoms with E-state index in [1.165, 1.54) is 12.1 Å². The molecule has 1 aromatic carbocycles. The summed E-state index contributed by atoms with van der Waals surface area (Å²) >= 11 is 0. The van der Waals surface area contributed by atoms with Gasteiger partial charge in [0.2, 0.25) is 0 Å². The second-order valence-corrected chi connectivity index (χ2v) is 7.70. The summed E-state index contributed by atoms with van der Waals surface area (Å²) in [5.41, 5.74) is 6.86. The highest BCUT2D eigenvalue weighted by atomic mass is 32.2. The van der Waals surface area contributed by atoms with Gasteiger partial charge in [-0.05, 0) is 37.6 Å². The van der Waals surface area contributed by atoms with Gasteiger partial charge in [0.25, 0.3) is 0 Å². The fourth-order valence-electron chi connectivity index (χ4n) is 2.77. The number of nitrogens with zero attached hydrogens (tertiary/aromatic N) is 1. The Morgan fingerprint density at radius 1 is 1.30 bits per heavy atom. The highest BCUT2D eigenvalue weighted by molar-refractivity contribution is 7.91. The van der Waals surface area contributed by atoms with Crippen LogP contribution in [0.4, 0.5) is 4.39 Å². The molecule has 1 saturated heterocycles. The lowest BCUT2D eigenvalue weighted by atomic mass is 9.99. The van der Waals surface area contributed by atoms with Gasteiger partial charge in [0.1, 0.15) is 5.82 Å². The molecule has 2 rings (SSSR count). The van der Waals surface area contributed by atoms with Crippen LogP contribution in [0, 0.1) is 5.82 Å². The van der Waals surface area contributed by atoms with Gasteiger partial charge < -0.3 is 5.73 Å². The Morgan fingerprint density at radius 2 is 2.05 bits per heavy atom. The lowest BCUT2D eigenvalue weighted by Gasteiger charge is -2.33. The minimum absolute atomic E-state index is 0.144. The van der Waals surface area contributed by atoms with Crippen molar-refractivity contribution in [1.29, 1.82) is 0 Å². The number of sulfone groups is 1. The lowest BCUT2D eigenvalue weighted by molar-refractivity contribution is 0.190. The molecular weight excluding hydrogens is 279 g/mol. The summed E-state index contributed by atoms with van der Waals surface area (Å²) < 4.78 is 36.8. The smallest absolute Gasteiger partial charge is 0.151 e. The number of hydrogen-bond acceptors (Lipinski definition) is 4. The van der Waals surface area contributed by atoms with E-state index in [2.05, 4.69) is 4.90 Å². The summed E-state index contributed by atoms with van der Waals surface area (Å²) in [5, 5.41) is 0. The molecule has 6 heteroatoms. The van der Waals surface area contributed by atoms with E-state index in [1.807, 2.05) is 13.0 Å². The molecule has 1 fully saturated rings. The van der Waals surface area contributed by atoms with Crippen LogP contribution in [0.15, 0.2) is 24.3 Å². The first-order valence-corrected chi connectivity index (χ1v) is 8.67. The molecule has 0 spiro atoms. The monoisotopic (exact) mass is 300 g/mol. The quantitative estimate of drug-likeness (QED) is 0.915. The van der Waals surface area contributed by atoms with Crippen molar-refractivity contribution < 1.29 is 12.8 Å². The maximum Gasteiger partial charge on any atom is 0.151 e. The highest BCUT2D eigenvalue weighted by Gasteiger charge is 2.28. The number of halogens is 1. The predicted molar refractivity (Wildman–Crippen MR) is 77.6 cm³/mol. The molecule has 0 saturated carbocycles. The maximum absolute atomic E-state index is 13.4. The zero-order valence-electron chi connectivity index (χ0n) is 11.6. The van der Waals surface area contributed by atoms with Crippen LogP contribution in [0.25, 0.3) is 0 Å². The standard InChI is InChI=1S/C14H21FN2O2S/c1-11(16)14(12-4-2-5-13(15)10-12)17-6-3-8-20(18,19)9-7-17/h2,4-5,10-11,14H,3,6-9,16H2,1H3. The number of rotatable bonds is 3. The van der Waals surface area contributed by atoms with Crippen molar-refractivity contribution in [3.05, 3.63) is 35.6 Å². The molecule has 20 heavy (non-hydrogen) atoms. The molecule has 1 aliphatic rings. The third kappa shape index (κ3) is 3.77. The SMILES string of the molecule is CC(N)C(c1cccc(F)c1)N1CCCS(=O)(=O)CC1. The lowest BCUT2D eigenvalue weighted by Crippen LogP contribution is -2.41. The van der Waals surface area contributed by atoms with Crippen molar-refractivity contribution in [3.8, 4) is 0 Å². The van der Waals surface area contributed by atoms with E-state index in [0.29, 0.717) is 19.5 Å². The Kier molecular flexibility index (Phi) is 4.78. The molecule has 4 nitrogen and oxygen atoms in total. The number of benzene rings is 1. The first-order valence-electron chi connectivity index (χ1n) is 6.84. The van der Waals surface area contributed by atoms with Gasteiger partial charge in [-0.15, -0.1) is 0 Å². The Labute approximate surface area is 119 Å². The van der Waals surface area contributed by atoms with E-state index in [0.717, 1.165) is 5.56 Å². The van der Waals surface area contributed by atoms with Gasteiger partial charge in [-0.3, -0.25) is 4.90 Å². The van der Waals surface area contributed by atoms with Crippen molar-refractivity contribution in [2.75, 3.05) is 24.6 Å². The van der Waals surface area contributed by atoms with Crippen molar-refractivity contribution in [1.82, 2.24) is 4.90 Å². The molecular formula is C14H21FN2O2S. The molecule has 1 heterocycles. The maximum atomic E-state index is 13.4. The first-order chi connectivity index (χ1) is 9.39. The zero-order chi connectivity index (χ0) is 14.8. The Balaban J connectivity index is 2.25. The normalized spacial score (nSPS) is 22.9. The minimum Gasteiger partial charge on any atom is -0.326 e. The van der Waals surface area contributed by atoms with Crippen LogP contribution >= 0.6 is 0 Å². The summed E-state index contributed by atoms with van der Waals surface area (Å²) in [6.07, 6.45) is 0.598. The molecule has 0 aromatic heterocycles. The van der Waals surface area contributed by atoms with Gasteiger partial charge in [0, 0.05) is 18.6 Å². The average Bonchev–Trinajstić information content (AvgIpc) is 2.51. The van der Waals surface area contributed by atoms with Crippen LogP contribution in [-0.2, 0) is 9.84 Å². The number of nitrogens with two attached hydrogens (primary N) is 1. The Morgan fingerprint density at radius 3 is 2.70 bits per heavy atom. The molecule has 1 aliphatic heterocycles. The van der Waals surface area contributed by atoms with Gasteiger partial charge in [0.05, 0.1) is 11.5 Å². The van der Waals surface area contributed by atoms with Crippen molar-refractivity contribution >= 4 is 9.84 Å². The first kappa shape index (κ1) is 15.4. The third-order valence-electron chi connectivity index (χ3n) is 3.67. The van der Waals surface area contributed by atoms with Crippen LogP contribution in [0.5, 0.6) is 0 Å². The largest absolute Gasteiger partial charge is 0.326 e. The summed E-state index contributed by atoms with van der Waals surface area (Å²) in [5.74, 6) is 0.0692. The Bertz CT molecular complexity index is 560. The summed E-state index contributed by atoms with van der Waals surface area (Å²) in [6.45, 7) is 2.99. The second kappa shape index (κ2) is 6.20. The Hall–Kier alpha value is -0.980. The van der Waals surface area contributed by atoms with Gasteiger partial charge in [-0.25, -0.2) is 12.8 Å². The molecule has 0 aliphatic carbocycles. The molecule has 2 N–H and O–H groups in total. The van der Waals surface area contributed by atoms with Gasteiger partial charge in [0.15, 0.2) is 9.84 Å². The van der Waals surface area contributed by atoms with E-state index >= 15 is 0 Å². The van der Waals surface area contributed by atoms with E-state index < -0.39 is 9.84 Å². The summed E-state index contributed by atoms with van der Waals surface area (Å²) in [6, 6.07) is 6.03. The van der Waals surface area contributed by atoms with Crippen molar-refractivity contribution in [3.63, 3.8) is 0 Å². The van der Waals surface area contributed by atoms with Gasteiger partial charge in [-0.2, -0.15) is 0 Å². The van der Waals surface area contributed by atoms with Crippen LogP contribution in [-0.4, -0.2) is 44.0 Å². The van der Waals surface area contributed by atoms with Crippen LogP contribution < -0.4 is 5.73 Å². The summed E-state index contributed by atoms with van der Waals surface area (Å²) in [7, 11) is -2.96. The summed E-state index contributed by atoms with van der Waals surface area (Å²) in [4.78, 5) is 2.06. The fourth-order valence-corrected chi connectivity index (χ4v) is 4.06. The van der Waals surface area contributed by atoms with Gasteiger partial charge >= 0.3 is 0 Å². The molecule has 112 valence electrons. The van der Waals surface area contributed by atoms with Crippen molar-refractivity contribution in [2.45, 2.75) is 25.4 Å². The highest BCUT2D eigenvalue weighted by Crippen LogP contribution is 2.25. The van der Waals surface area contributed by atoms with E-state index in [9.17, 15) is 12.8 Å². The molecule has 0 radical (unpaired) electrons. The van der Waals surface area contributed by atoms with Gasteiger partial charge in [-0.1, -0.05) is 12.1 Å². The van der Waals surface area contributed by atoms with E-state index in [-0.39, 0.29) is 29.4 Å². The molecule has 2 unspecified atom stereocenters. The number of hydrogen-bond donors (Lipinski definition) is 1. The molecule has 2 atom stereocenters. The third-order valence-corrected chi connectivity index (χ3v) is 5.39. The average molecular weight is 300 g/mol. The van der Waals surface area contributed by atoms with E-state index in [4.69, 9.17) is 5.73 Å².